The van der Waals surface area contributed by atoms with Gasteiger partial charge in [0.15, 0.2) is 5.78 Å². The van der Waals surface area contributed by atoms with Crippen LogP contribution in [-0.2, 0) is 4.79 Å². The van der Waals surface area contributed by atoms with Gasteiger partial charge in [-0.3, -0.25) is 4.79 Å². The van der Waals surface area contributed by atoms with Crippen molar-refractivity contribution < 1.29 is 4.79 Å². The van der Waals surface area contributed by atoms with E-state index in [9.17, 15) is 4.79 Å². The zero-order chi connectivity index (χ0) is 7.98. The van der Waals surface area contributed by atoms with E-state index < -0.39 is 5.92 Å². The van der Waals surface area contributed by atoms with Gasteiger partial charge in [-0.25, -0.2) is 0 Å². The van der Waals surface area contributed by atoms with Gasteiger partial charge in [-0.1, -0.05) is 0 Å². The predicted octanol–water partition coefficient (Wildman–Crippen LogP) is 1.02. The van der Waals surface area contributed by atoms with Crippen LogP contribution in [0.1, 0.15) is 19.8 Å². The molecule has 0 aromatic heterocycles. The number of ketones is 1. The molecule has 3 heteroatoms. The largest absolute Gasteiger partial charge is 0.298 e. The minimum absolute atomic E-state index is 0.149. The van der Waals surface area contributed by atoms with Crippen molar-refractivity contribution in [3.05, 3.63) is 0 Å². The van der Waals surface area contributed by atoms with E-state index in [4.69, 9.17) is 10.5 Å². The lowest BCUT2D eigenvalue weighted by Crippen LogP contribution is -2.07. The Balaban J connectivity index is 3.68. The van der Waals surface area contributed by atoms with Crippen LogP contribution in [0.3, 0.4) is 0 Å². The molecule has 10 heavy (non-hydrogen) atoms. The molecule has 52 valence electrons. The average molecular weight is 136 g/mol. The number of hydrogen-bond donors (Lipinski definition) is 0. The predicted molar refractivity (Wildman–Crippen MR) is 34.6 cm³/mol. The Kier molecular flexibility index (Phi) is 3.91. The highest BCUT2D eigenvalue weighted by Gasteiger charge is 2.09. The second-order valence-corrected chi connectivity index (χ2v) is 1.98. The first-order valence-electron chi connectivity index (χ1n) is 3.01. The lowest BCUT2D eigenvalue weighted by atomic mass is 10.0. The van der Waals surface area contributed by atoms with E-state index >= 15 is 0 Å². The summed E-state index contributed by atoms with van der Waals surface area (Å²) in [4.78, 5) is 10.8. The molecule has 0 saturated heterocycles. The molecule has 0 aromatic rings. The number of Topliss-reactive ketones (excluding diaryl/α,β-unsaturated/α-hetero) is 1. The summed E-state index contributed by atoms with van der Waals surface area (Å²) in [5, 5.41) is 16.3. The Morgan fingerprint density at radius 2 is 2.20 bits per heavy atom. The number of nitriles is 2. The molecule has 1 unspecified atom stereocenters. The Bertz CT molecular complexity index is 197. The number of nitrogens with zero attached hydrogens (tertiary/aromatic N) is 2. The zero-order valence-electron chi connectivity index (χ0n) is 5.79. The lowest BCUT2D eigenvalue weighted by molar-refractivity contribution is -0.120. The summed E-state index contributed by atoms with van der Waals surface area (Å²) in [6.07, 6.45) is 0.413. The van der Waals surface area contributed by atoms with Gasteiger partial charge in [0.2, 0.25) is 0 Å². The van der Waals surface area contributed by atoms with Crippen molar-refractivity contribution in [2.24, 2.45) is 5.92 Å². The van der Waals surface area contributed by atoms with E-state index in [1.807, 2.05) is 12.1 Å². The standard InChI is InChI=1S/C7H8N2O/c1-6(5-9)7(10)3-2-4-8/h6H,2-3H2,1H3. The molecule has 3 nitrogen and oxygen atoms in total. The molecule has 0 aliphatic carbocycles. The van der Waals surface area contributed by atoms with Crippen LogP contribution < -0.4 is 0 Å². The molecule has 1 atom stereocenters. The zero-order valence-corrected chi connectivity index (χ0v) is 5.79. The average Bonchev–Trinajstić information content (AvgIpc) is 1.98. The van der Waals surface area contributed by atoms with Crippen molar-refractivity contribution in [1.82, 2.24) is 0 Å². The third-order valence-corrected chi connectivity index (χ3v) is 1.16. The number of carbonyl (C=O) groups excluding carboxylic acids is 1. The highest BCUT2D eigenvalue weighted by Crippen LogP contribution is 2.00. The maximum Gasteiger partial charge on any atom is 0.150 e. The van der Waals surface area contributed by atoms with Crippen molar-refractivity contribution in [1.29, 1.82) is 10.5 Å². The van der Waals surface area contributed by atoms with Crippen LogP contribution in [0.5, 0.6) is 0 Å². The molecule has 0 heterocycles. The summed E-state index contributed by atoms with van der Waals surface area (Å²) in [7, 11) is 0. The first-order valence-corrected chi connectivity index (χ1v) is 3.01. The summed E-state index contributed by atoms with van der Waals surface area (Å²) < 4.78 is 0. The summed E-state index contributed by atoms with van der Waals surface area (Å²) in [6.45, 7) is 1.54. The highest BCUT2D eigenvalue weighted by atomic mass is 16.1. The third-order valence-electron chi connectivity index (χ3n) is 1.16. The fourth-order valence-corrected chi connectivity index (χ4v) is 0.468. The molecular formula is C7H8N2O. The van der Waals surface area contributed by atoms with Crippen molar-refractivity contribution in [2.75, 3.05) is 0 Å². The van der Waals surface area contributed by atoms with Gasteiger partial charge in [-0.15, -0.1) is 0 Å². The monoisotopic (exact) mass is 136 g/mol. The van der Waals surface area contributed by atoms with Crippen molar-refractivity contribution in [3.8, 4) is 12.1 Å². The summed E-state index contributed by atoms with van der Waals surface area (Å²) in [5.74, 6) is -0.711. The molecule has 0 radical (unpaired) electrons. The molecule has 0 aliphatic heterocycles. The van der Waals surface area contributed by atoms with Crippen LogP contribution in [0.2, 0.25) is 0 Å². The van der Waals surface area contributed by atoms with E-state index in [0.717, 1.165) is 0 Å². The van der Waals surface area contributed by atoms with E-state index in [1.165, 1.54) is 0 Å². The van der Waals surface area contributed by atoms with Crippen molar-refractivity contribution in [2.45, 2.75) is 19.8 Å². The van der Waals surface area contributed by atoms with Crippen LogP contribution in [0.15, 0.2) is 0 Å². The molecule has 0 spiro atoms. The molecular weight excluding hydrogens is 128 g/mol. The van der Waals surface area contributed by atoms with E-state index in [0.29, 0.717) is 0 Å². The van der Waals surface area contributed by atoms with Crippen molar-refractivity contribution in [3.63, 3.8) is 0 Å². The maximum absolute atomic E-state index is 10.8. The normalized spacial score (nSPS) is 11.1. The van der Waals surface area contributed by atoms with Gasteiger partial charge in [0, 0.05) is 12.8 Å². The molecule has 0 N–H and O–H groups in total. The van der Waals surface area contributed by atoms with Gasteiger partial charge < -0.3 is 0 Å². The molecule has 0 saturated carbocycles. The van der Waals surface area contributed by atoms with Gasteiger partial charge in [0.25, 0.3) is 0 Å². The quantitative estimate of drug-likeness (QED) is 0.581. The Hall–Kier alpha value is -1.35. The number of rotatable bonds is 3. The first-order chi connectivity index (χ1) is 4.72. The van der Waals surface area contributed by atoms with Gasteiger partial charge >= 0.3 is 0 Å². The van der Waals surface area contributed by atoms with Gasteiger partial charge in [0.05, 0.1) is 12.1 Å². The van der Waals surface area contributed by atoms with E-state index in [-0.39, 0.29) is 18.6 Å². The minimum Gasteiger partial charge on any atom is -0.298 e. The van der Waals surface area contributed by atoms with Gasteiger partial charge in [-0.05, 0) is 6.92 Å². The smallest absolute Gasteiger partial charge is 0.150 e. The molecule has 0 aromatic carbocycles. The van der Waals surface area contributed by atoms with Gasteiger partial charge in [-0.2, -0.15) is 10.5 Å². The highest BCUT2D eigenvalue weighted by molar-refractivity contribution is 5.82. The lowest BCUT2D eigenvalue weighted by Gasteiger charge is -1.95. The summed E-state index contributed by atoms with van der Waals surface area (Å²) in [6, 6.07) is 3.66. The topological polar surface area (TPSA) is 64.7 Å². The summed E-state index contributed by atoms with van der Waals surface area (Å²) >= 11 is 0. The SMILES string of the molecule is CC(C#N)C(=O)CCC#N. The van der Waals surface area contributed by atoms with E-state index in [2.05, 4.69) is 0 Å². The Labute approximate surface area is 59.9 Å². The van der Waals surface area contributed by atoms with Gasteiger partial charge in [0.1, 0.15) is 5.92 Å². The van der Waals surface area contributed by atoms with Crippen LogP contribution in [-0.4, -0.2) is 5.78 Å². The summed E-state index contributed by atoms with van der Waals surface area (Å²) in [5.41, 5.74) is 0. The van der Waals surface area contributed by atoms with Crippen LogP contribution >= 0.6 is 0 Å². The van der Waals surface area contributed by atoms with Crippen molar-refractivity contribution >= 4 is 5.78 Å². The second kappa shape index (κ2) is 4.52. The van der Waals surface area contributed by atoms with E-state index in [1.54, 1.807) is 6.92 Å². The Morgan fingerprint density at radius 3 is 2.60 bits per heavy atom. The molecule has 0 amide bonds. The fraction of sp³-hybridized carbons (Fsp3) is 0.571. The maximum atomic E-state index is 10.8. The minimum atomic E-state index is -0.562. The van der Waals surface area contributed by atoms with Crippen LogP contribution in [0.25, 0.3) is 0 Å². The molecule has 0 fully saturated rings. The van der Waals surface area contributed by atoms with Crippen LogP contribution in [0.4, 0.5) is 0 Å². The third kappa shape index (κ3) is 2.84. The molecule has 0 bridgehead atoms. The number of carbonyl (C=O) groups is 1. The van der Waals surface area contributed by atoms with Crippen LogP contribution in [0, 0.1) is 28.6 Å². The molecule has 0 aliphatic rings. The Morgan fingerprint density at radius 1 is 1.60 bits per heavy atom. The molecule has 0 rings (SSSR count). The fourth-order valence-electron chi connectivity index (χ4n) is 0.468. The first kappa shape index (κ1) is 8.65. The number of hydrogen-bond acceptors (Lipinski definition) is 3. The second-order valence-electron chi connectivity index (χ2n) is 1.98.